The number of benzene rings is 1. The minimum Gasteiger partial charge on any atom is -0.276 e. The molecular weight excluding hydrogens is 281 g/mol. The van der Waals surface area contributed by atoms with Crippen LogP contribution in [0.1, 0.15) is 16.8 Å². The molecule has 3 N–H and O–H groups in total. The van der Waals surface area contributed by atoms with Crippen LogP contribution in [0.2, 0.25) is 0 Å². The summed E-state index contributed by atoms with van der Waals surface area (Å²) in [5.74, 6) is 5.49. The molecule has 114 valence electrons. The monoisotopic (exact) mass is 298 g/mol. The number of hydrogen-bond acceptors (Lipinski definition) is 3. The number of aryl methyl sites for hydroxylation is 1. The van der Waals surface area contributed by atoms with Crippen molar-refractivity contribution in [1.29, 1.82) is 0 Å². The second-order valence-electron chi connectivity index (χ2n) is 4.95. The lowest BCUT2D eigenvalue weighted by Crippen LogP contribution is -2.38. The summed E-state index contributed by atoms with van der Waals surface area (Å²) >= 11 is 0. The summed E-state index contributed by atoms with van der Waals surface area (Å²) in [6, 6.07) is 6.97. The molecule has 1 heterocycles. The van der Waals surface area contributed by atoms with E-state index in [1.165, 1.54) is 6.07 Å². The van der Waals surface area contributed by atoms with Gasteiger partial charge in [-0.3, -0.25) is 16.0 Å². The third-order valence-electron chi connectivity index (χ3n) is 3.20. The van der Waals surface area contributed by atoms with Crippen LogP contribution in [-0.2, 0) is 26.1 Å². The Labute approximate surface area is 120 Å². The Morgan fingerprint density at radius 3 is 2.62 bits per heavy atom. The zero-order chi connectivity index (χ0) is 15.5. The zero-order valence-electron chi connectivity index (χ0n) is 11.6. The maximum Gasteiger partial charge on any atom is 0.416 e. The van der Waals surface area contributed by atoms with Crippen molar-refractivity contribution in [3.8, 4) is 0 Å². The summed E-state index contributed by atoms with van der Waals surface area (Å²) in [6.07, 6.45) is -1.57. The Kier molecular flexibility index (Phi) is 4.64. The van der Waals surface area contributed by atoms with Gasteiger partial charge < -0.3 is 0 Å². The molecule has 1 unspecified atom stereocenters. The Morgan fingerprint density at radius 2 is 2.05 bits per heavy atom. The average Bonchev–Trinajstić information content (AvgIpc) is 2.83. The minimum absolute atomic E-state index is 0.177. The first kappa shape index (κ1) is 15.5. The van der Waals surface area contributed by atoms with Crippen molar-refractivity contribution >= 4 is 0 Å². The van der Waals surface area contributed by atoms with Gasteiger partial charge in [-0.15, -0.1) is 0 Å². The Morgan fingerprint density at radius 1 is 1.29 bits per heavy atom. The molecule has 2 aromatic rings. The molecule has 0 fully saturated rings. The van der Waals surface area contributed by atoms with Gasteiger partial charge in [-0.2, -0.15) is 18.3 Å². The lowest BCUT2D eigenvalue weighted by Gasteiger charge is -2.16. The van der Waals surface area contributed by atoms with Crippen molar-refractivity contribution in [2.75, 3.05) is 0 Å². The molecule has 0 bridgehead atoms. The average molecular weight is 298 g/mol. The van der Waals surface area contributed by atoms with Crippen LogP contribution in [0.15, 0.2) is 36.5 Å². The number of nitrogens with zero attached hydrogens (tertiary/aromatic N) is 2. The van der Waals surface area contributed by atoms with E-state index in [0.29, 0.717) is 18.4 Å². The molecular formula is C14H17F3N4. The summed E-state index contributed by atoms with van der Waals surface area (Å²) in [5, 5.41) is 4.24. The van der Waals surface area contributed by atoms with Gasteiger partial charge in [0.2, 0.25) is 0 Å². The van der Waals surface area contributed by atoms with Gasteiger partial charge in [0.15, 0.2) is 0 Å². The van der Waals surface area contributed by atoms with E-state index in [1.807, 2.05) is 12.3 Å². The summed E-state index contributed by atoms with van der Waals surface area (Å²) in [7, 11) is 1.81. The van der Waals surface area contributed by atoms with Crippen LogP contribution in [-0.4, -0.2) is 15.8 Å². The molecule has 2 rings (SSSR count). The van der Waals surface area contributed by atoms with Crippen molar-refractivity contribution in [3.63, 3.8) is 0 Å². The standard InChI is InChI=1S/C14H17F3N4/c1-21-6-5-12(20-21)9-13(19-18)8-10-3-2-4-11(7-10)14(15,16)17/h2-7,13,19H,8-9,18H2,1H3. The fraction of sp³-hybridized carbons (Fsp3) is 0.357. The van der Waals surface area contributed by atoms with Crippen molar-refractivity contribution < 1.29 is 13.2 Å². The summed E-state index contributed by atoms with van der Waals surface area (Å²) in [6.45, 7) is 0. The van der Waals surface area contributed by atoms with Gasteiger partial charge in [0.1, 0.15) is 0 Å². The molecule has 1 atom stereocenters. The summed E-state index contributed by atoms with van der Waals surface area (Å²) < 4.78 is 39.7. The molecule has 0 aliphatic rings. The van der Waals surface area contributed by atoms with Crippen molar-refractivity contribution in [3.05, 3.63) is 53.3 Å². The van der Waals surface area contributed by atoms with Crippen molar-refractivity contribution in [1.82, 2.24) is 15.2 Å². The van der Waals surface area contributed by atoms with Crippen LogP contribution in [0.4, 0.5) is 13.2 Å². The SMILES string of the molecule is Cn1ccc(CC(Cc2cccc(C(F)(F)F)c2)NN)n1. The van der Waals surface area contributed by atoms with E-state index in [4.69, 9.17) is 5.84 Å². The fourth-order valence-electron chi connectivity index (χ4n) is 2.17. The molecule has 7 heteroatoms. The van der Waals surface area contributed by atoms with E-state index < -0.39 is 11.7 Å². The predicted octanol–water partition coefficient (Wildman–Crippen LogP) is 2.06. The smallest absolute Gasteiger partial charge is 0.276 e. The minimum atomic E-state index is -4.33. The number of hydrazine groups is 1. The van der Waals surface area contributed by atoms with Crippen LogP contribution in [0.25, 0.3) is 0 Å². The Bertz CT molecular complexity index is 592. The predicted molar refractivity (Wildman–Crippen MR) is 73.2 cm³/mol. The second kappa shape index (κ2) is 6.28. The molecule has 0 saturated heterocycles. The van der Waals surface area contributed by atoms with Crippen molar-refractivity contribution in [2.24, 2.45) is 12.9 Å². The number of alkyl halides is 3. The zero-order valence-corrected chi connectivity index (χ0v) is 11.6. The van der Waals surface area contributed by atoms with E-state index in [1.54, 1.807) is 17.8 Å². The van der Waals surface area contributed by atoms with Crippen LogP contribution >= 0.6 is 0 Å². The maximum atomic E-state index is 12.7. The number of hydrogen-bond donors (Lipinski definition) is 2. The Balaban J connectivity index is 2.08. The fourth-order valence-corrected chi connectivity index (χ4v) is 2.17. The van der Waals surface area contributed by atoms with Crippen LogP contribution in [0, 0.1) is 0 Å². The molecule has 0 spiro atoms. The Hall–Kier alpha value is -1.86. The van der Waals surface area contributed by atoms with Crippen LogP contribution in [0.3, 0.4) is 0 Å². The van der Waals surface area contributed by atoms with Crippen LogP contribution < -0.4 is 11.3 Å². The van der Waals surface area contributed by atoms with Crippen molar-refractivity contribution in [2.45, 2.75) is 25.1 Å². The van der Waals surface area contributed by atoms with E-state index >= 15 is 0 Å². The van der Waals surface area contributed by atoms with Gasteiger partial charge >= 0.3 is 6.18 Å². The number of halogens is 3. The number of rotatable bonds is 5. The molecule has 0 aliphatic carbocycles. The quantitative estimate of drug-likeness (QED) is 0.656. The second-order valence-corrected chi connectivity index (χ2v) is 4.95. The lowest BCUT2D eigenvalue weighted by atomic mass is 10.0. The van der Waals surface area contributed by atoms with E-state index in [0.717, 1.165) is 17.8 Å². The molecule has 1 aromatic heterocycles. The summed E-state index contributed by atoms with van der Waals surface area (Å²) in [4.78, 5) is 0. The van der Waals surface area contributed by atoms with Gasteiger partial charge in [0.05, 0.1) is 11.3 Å². The third kappa shape index (κ3) is 4.30. The van der Waals surface area contributed by atoms with E-state index in [2.05, 4.69) is 10.5 Å². The van der Waals surface area contributed by atoms with E-state index in [9.17, 15) is 13.2 Å². The third-order valence-corrected chi connectivity index (χ3v) is 3.20. The highest BCUT2D eigenvalue weighted by molar-refractivity contribution is 5.26. The van der Waals surface area contributed by atoms with Gasteiger partial charge in [0, 0.05) is 25.7 Å². The topological polar surface area (TPSA) is 55.9 Å². The largest absolute Gasteiger partial charge is 0.416 e. The van der Waals surface area contributed by atoms with Gasteiger partial charge in [-0.25, -0.2) is 0 Å². The van der Waals surface area contributed by atoms with Gasteiger partial charge in [-0.05, 0) is 24.1 Å². The maximum absolute atomic E-state index is 12.7. The normalized spacial score (nSPS) is 13.4. The van der Waals surface area contributed by atoms with Gasteiger partial charge in [0.25, 0.3) is 0 Å². The lowest BCUT2D eigenvalue weighted by molar-refractivity contribution is -0.137. The van der Waals surface area contributed by atoms with Crippen LogP contribution in [0.5, 0.6) is 0 Å². The summed E-state index contributed by atoms with van der Waals surface area (Å²) in [5.41, 5.74) is 3.42. The first-order chi connectivity index (χ1) is 9.88. The molecule has 0 aliphatic heterocycles. The van der Waals surface area contributed by atoms with Gasteiger partial charge in [-0.1, -0.05) is 18.2 Å². The number of nitrogens with two attached hydrogens (primary N) is 1. The number of nitrogens with one attached hydrogen (secondary N) is 1. The van der Waals surface area contributed by atoms with E-state index in [-0.39, 0.29) is 6.04 Å². The highest BCUT2D eigenvalue weighted by atomic mass is 19.4. The molecule has 21 heavy (non-hydrogen) atoms. The molecule has 0 saturated carbocycles. The number of aromatic nitrogens is 2. The molecule has 0 radical (unpaired) electrons. The molecule has 4 nitrogen and oxygen atoms in total. The first-order valence-corrected chi connectivity index (χ1v) is 6.49. The highest BCUT2D eigenvalue weighted by Gasteiger charge is 2.30. The highest BCUT2D eigenvalue weighted by Crippen LogP contribution is 2.29. The molecule has 1 aromatic carbocycles. The molecule has 0 amide bonds. The first-order valence-electron chi connectivity index (χ1n) is 6.49.